The van der Waals surface area contributed by atoms with E-state index < -0.39 is 10.0 Å². The second-order valence-corrected chi connectivity index (χ2v) is 8.03. The van der Waals surface area contributed by atoms with Crippen LogP contribution in [0.25, 0.3) is 0 Å². The summed E-state index contributed by atoms with van der Waals surface area (Å²) in [6, 6.07) is 6.13. The van der Waals surface area contributed by atoms with Gasteiger partial charge in [0.2, 0.25) is 21.8 Å². The Hall–Kier alpha value is -1.93. The van der Waals surface area contributed by atoms with E-state index in [9.17, 15) is 18.0 Å². The van der Waals surface area contributed by atoms with Gasteiger partial charge in [0.25, 0.3) is 0 Å². The molecule has 25 heavy (non-hydrogen) atoms. The number of carbonyl (C=O) groups is 2. The van der Waals surface area contributed by atoms with Gasteiger partial charge in [-0.05, 0) is 37.1 Å². The summed E-state index contributed by atoms with van der Waals surface area (Å²) in [5.41, 5.74) is 0.554. The molecule has 1 aliphatic rings. The highest BCUT2D eigenvalue weighted by Gasteiger charge is 2.28. The van der Waals surface area contributed by atoms with Crippen LogP contribution in [0.15, 0.2) is 29.2 Å². The molecule has 1 aromatic carbocycles. The quantitative estimate of drug-likeness (QED) is 0.858. The Labute approximate surface area is 149 Å². The van der Waals surface area contributed by atoms with Crippen molar-refractivity contribution in [3.63, 3.8) is 0 Å². The van der Waals surface area contributed by atoms with Gasteiger partial charge in [-0.3, -0.25) is 9.59 Å². The number of benzene rings is 1. The monoisotopic (exact) mass is 367 g/mol. The van der Waals surface area contributed by atoms with Crippen molar-refractivity contribution in [1.82, 2.24) is 9.21 Å². The molecule has 1 fully saturated rings. The lowest BCUT2D eigenvalue weighted by Crippen LogP contribution is -2.37. The Balaban J connectivity index is 2.08. The Morgan fingerprint density at radius 3 is 2.36 bits per heavy atom. The van der Waals surface area contributed by atoms with Crippen LogP contribution < -0.4 is 5.32 Å². The predicted molar refractivity (Wildman–Crippen MR) is 95.6 cm³/mol. The van der Waals surface area contributed by atoms with Crippen molar-refractivity contribution < 1.29 is 18.0 Å². The maximum absolute atomic E-state index is 12.8. The largest absolute Gasteiger partial charge is 0.341 e. The van der Waals surface area contributed by atoms with E-state index in [0.29, 0.717) is 44.7 Å². The predicted octanol–water partition coefficient (Wildman–Crippen LogP) is 1.67. The van der Waals surface area contributed by atoms with Crippen molar-refractivity contribution in [2.45, 2.75) is 38.0 Å². The SMILES string of the molecule is CCCC(=O)N1CCCN(S(=O)(=O)c2ccc(NC(C)=O)cc2)CC1. The minimum Gasteiger partial charge on any atom is -0.341 e. The molecule has 1 heterocycles. The van der Waals surface area contributed by atoms with Gasteiger partial charge in [-0.1, -0.05) is 6.92 Å². The first-order valence-corrected chi connectivity index (χ1v) is 9.94. The van der Waals surface area contributed by atoms with E-state index in [2.05, 4.69) is 5.32 Å². The smallest absolute Gasteiger partial charge is 0.243 e. The average Bonchev–Trinajstić information content (AvgIpc) is 2.81. The van der Waals surface area contributed by atoms with E-state index >= 15 is 0 Å². The number of amides is 2. The van der Waals surface area contributed by atoms with Crippen LogP contribution in [-0.2, 0) is 19.6 Å². The molecule has 8 heteroatoms. The highest BCUT2D eigenvalue weighted by molar-refractivity contribution is 7.89. The van der Waals surface area contributed by atoms with Gasteiger partial charge in [0.1, 0.15) is 0 Å². The first kappa shape index (κ1) is 19.4. The third-order valence-corrected chi connectivity index (χ3v) is 6.00. The molecular weight excluding hydrogens is 342 g/mol. The molecule has 7 nitrogen and oxygen atoms in total. The number of hydrogen-bond acceptors (Lipinski definition) is 4. The van der Waals surface area contributed by atoms with Gasteiger partial charge >= 0.3 is 0 Å². The Kier molecular flexibility index (Phi) is 6.55. The Bertz CT molecular complexity index is 716. The Morgan fingerprint density at radius 1 is 1.08 bits per heavy atom. The standard InChI is InChI=1S/C17H25N3O4S/c1-3-5-17(22)19-10-4-11-20(13-12-19)25(23,24)16-8-6-15(7-9-16)18-14(2)21/h6-9H,3-5,10-13H2,1-2H3,(H,18,21). The van der Waals surface area contributed by atoms with Gasteiger partial charge in [0.15, 0.2) is 0 Å². The van der Waals surface area contributed by atoms with Gasteiger partial charge in [0.05, 0.1) is 4.90 Å². The summed E-state index contributed by atoms with van der Waals surface area (Å²) in [5, 5.41) is 2.61. The molecule has 0 unspecified atom stereocenters. The minimum absolute atomic E-state index is 0.0846. The summed E-state index contributed by atoms with van der Waals surface area (Å²) in [4.78, 5) is 25.0. The molecule has 0 bridgehead atoms. The summed E-state index contributed by atoms with van der Waals surface area (Å²) >= 11 is 0. The fourth-order valence-corrected chi connectivity index (χ4v) is 4.29. The van der Waals surface area contributed by atoms with Crippen molar-refractivity contribution in [1.29, 1.82) is 0 Å². The number of nitrogens with zero attached hydrogens (tertiary/aromatic N) is 2. The fraction of sp³-hybridized carbons (Fsp3) is 0.529. The van der Waals surface area contributed by atoms with E-state index in [4.69, 9.17) is 0 Å². The molecule has 1 saturated heterocycles. The zero-order valence-corrected chi connectivity index (χ0v) is 15.5. The zero-order valence-electron chi connectivity index (χ0n) is 14.7. The zero-order chi connectivity index (χ0) is 18.4. The first-order chi connectivity index (χ1) is 11.8. The lowest BCUT2D eigenvalue weighted by atomic mass is 10.3. The maximum Gasteiger partial charge on any atom is 0.243 e. The van der Waals surface area contributed by atoms with Crippen LogP contribution in [0.1, 0.15) is 33.1 Å². The third kappa shape index (κ3) is 5.02. The second kappa shape index (κ2) is 8.44. The van der Waals surface area contributed by atoms with Crippen LogP contribution in [-0.4, -0.2) is 55.6 Å². The highest BCUT2D eigenvalue weighted by Crippen LogP contribution is 2.20. The van der Waals surface area contributed by atoms with E-state index in [1.807, 2.05) is 6.92 Å². The van der Waals surface area contributed by atoms with Crippen LogP contribution in [0.3, 0.4) is 0 Å². The van der Waals surface area contributed by atoms with Crippen molar-refractivity contribution in [3.8, 4) is 0 Å². The molecule has 2 amide bonds. The number of hydrogen-bond donors (Lipinski definition) is 1. The van der Waals surface area contributed by atoms with Crippen molar-refractivity contribution in [2.24, 2.45) is 0 Å². The van der Waals surface area contributed by atoms with Crippen LogP contribution in [0.2, 0.25) is 0 Å². The number of carbonyl (C=O) groups excluding carboxylic acids is 2. The van der Waals surface area contributed by atoms with Gasteiger partial charge in [0, 0.05) is 45.2 Å². The van der Waals surface area contributed by atoms with Crippen molar-refractivity contribution in [3.05, 3.63) is 24.3 Å². The molecule has 0 radical (unpaired) electrons. The number of rotatable bonds is 5. The summed E-state index contributed by atoms with van der Waals surface area (Å²) < 4.78 is 27.1. The lowest BCUT2D eigenvalue weighted by Gasteiger charge is -2.22. The lowest BCUT2D eigenvalue weighted by molar-refractivity contribution is -0.131. The molecule has 0 atom stereocenters. The van der Waals surface area contributed by atoms with Crippen LogP contribution >= 0.6 is 0 Å². The number of sulfonamides is 1. The molecule has 1 aromatic rings. The first-order valence-electron chi connectivity index (χ1n) is 8.50. The Morgan fingerprint density at radius 2 is 1.76 bits per heavy atom. The summed E-state index contributed by atoms with van der Waals surface area (Å²) in [7, 11) is -3.61. The molecule has 0 aromatic heterocycles. The number of nitrogens with one attached hydrogen (secondary N) is 1. The maximum atomic E-state index is 12.8. The molecule has 0 aliphatic carbocycles. The average molecular weight is 367 g/mol. The van der Waals surface area contributed by atoms with Crippen LogP contribution in [0, 0.1) is 0 Å². The third-order valence-electron chi connectivity index (χ3n) is 4.08. The molecule has 0 saturated carbocycles. The number of anilines is 1. The molecular formula is C17H25N3O4S. The highest BCUT2D eigenvalue weighted by atomic mass is 32.2. The summed E-state index contributed by atoms with van der Waals surface area (Å²) in [5.74, 6) is -0.124. The van der Waals surface area contributed by atoms with E-state index in [-0.39, 0.29) is 16.7 Å². The topological polar surface area (TPSA) is 86.8 Å². The fourth-order valence-electron chi connectivity index (χ4n) is 2.82. The molecule has 1 N–H and O–H groups in total. The van der Waals surface area contributed by atoms with E-state index in [1.165, 1.54) is 23.4 Å². The van der Waals surface area contributed by atoms with Gasteiger partial charge in [-0.2, -0.15) is 4.31 Å². The molecule has 138 valence electrons. The van der Waals surface area contributed by atoms with Crippen molar-refractivity contribution >= 4 is 27.5 Å². The normalized spacial score (nSPS) is 16.3. The summed E-state index contributed by atoms with van der Waals surface area (Å²) in [6.45, 7) is 5.05. The molecule has 2 rings (SSSR count). The van der Waals surface area contributed by atoms with E-state index in [1.54, 1.807) is 17.0 Å². The molecule has 0 spiro atoms. The van der Waals surface area contributed by atoms with E-state index in [0.717, 1.165) is 6.42 Å². The van der Waals surface area contributed by atoms with Crippen molar-refractivity contribution in [2.75, 3.05) is 31.5 Å². The second-order valence-electron chi connectivity index (χ2n) is 6.09. The van der Waals surface area contributed by atoms with Gasteiger partial charge < -0.3 is 10.2 Å². The van der Waals surface area contributed by atoms with Crippen LogP contribution in [0.4, 0.5) is 5.69 Å². The minimum atomic E-state index is -3.61. The van der Waals surface area contributed by atoms with Gasteiger partial charge in [-0.15, -0.1) is 0 Å². The van der Waals surface area contributed by atoms with Crippen LogP contribution in [0.5, 0.6) is 0 Å². The summed E-state index contributed by atoms with van der Waals surface area (Å²) in [6.07, 6.45) is 1.91. The van der Waals surface area contributed by atoms with Gasteiger partial charge in [-0.25, -0.2) is 8.42 Å². The molecule has 1 aliphatic heterocycles.